The maximum absolute atomic E-state index is 6.06. The summed E-state index contributed by atoms with van der Waals surface area (Å²) < 4.78 is 10.3. The fraction of sp³-hybridized carbons (Fsp3) is 0.692. The lowest BCUT2D eigenvalue weighted by Crippen LogP contribution is -2.39. The van der Waals surface area contributed by atoms with Crippen molar-refractivity contribution in [2.75, 3.05) is 76.0 Å². The number of morpholine rings is 1. The van der Waals surface area contributed by atoms with Gasteiger partial charge in [-0.05, 0) is 0 Å². The van der Waals surface area contributed by atoms with Crippen LogP contribution in [0.15, 0.2) is 6.33 Å². The molecule has 0 aromatic carbocycles. The van der Waals surface area contributed by atoms with Crippen LogP contribution in [0.1, 0.15) is 0 Å². The molecule has 1 aliphatic heterocycles. The number of anilines is 3. The minimum Gasteiger partial charge on any atom is -0.393 e. The van der Waals surface area contributed by atoms with Crippen molar-refractivity contribution in [3.05, 3.63) is 6.33 Å². The summed E-state index contributed by atoms with van der Waals surface area (Å²) in [5.41, 5.74) is 6.60. The van der Waals surface area contributed by atoms with E-state index in [1.54, 1.807) is 7.11 Å². The van der Waals surface area contributed by atoms with Crippen molar-refractivity contribution in [2.45, 2.75) is 0 Å². The molecule has 1 aliphatic rings. The van der Waals surface area contributed by atoms with Crippen molar-refractivity contribution in [1.29, 1.82) is 0 Å². The first-order valence-corrected chi connectivity index (χ1v) is 7.18. The Morgan fingerprint density at radius 3 is 2.57 bits per heavy atom. The highest BCUT2D eigenvalue weighted by molar-refractivity contribution is 5.73. The highest BCUT2D eigenvalue weighted by atomic mass is 16.5. The summed E-state index contributed by atoms with van der Waals surface area (Å²) in [5, 5.41) is 6.39. The Labute approximate surface area is 125 Å². The third kappa shape index (κ3) is 5.00. The number of nitrogens with one attached hydrogen (secondary N) is 2. The number of ether oxygens (including phenoxy) is 2. The van der Waals surface area contributed by atoms with Gasteiger partial charge in [-0.3, -0.25) is 4.90 Å². The third-order valence-corrected chi connectivity index (χ3v) is 3.31. The molecule has 1 saturated heterocycles. The van der Waals surface area contributed by atoms with Crippen molar-refractivity contribution < 1.29 is 9.47 Å². The molecule has 0 aliphatic carbocycles. The number of hydrogen-bond acceptors (Lipinski definition) is 8. The van der Waals surface area contributed by atoms with Gasteiger partial charge in [0.15, 0.2) is 11.6 Å². The van der Waals surface area contributed by atoms with Gasteiger partial charge < -0.3 is 25.8 Å². The molecule has 2 rings (SSSR count). The molecular weight excluding hydrogens is 272 g/mol. The highest BCUT2D eigenvalue weighted by Crippen LogP contribution is 2.21. The van der Waals surface area contributed by atoms with Crippen LogP contribution in [0.2, 0.25) is 0 Å². The molecule has 1 aromatic rings. The molecule has 1 aromatic heterocycles. The molecule has 21 heavy (non-hydrogen) atoms. The summed E-state index contributed by atoms with van der Waals surface area (Å²) in [4.78, 5) is 10.7. The zero-order valence-corrected chi connectivity index (χ0v) is 12.5. The number of methoxy groups -OCH3 is 1. The van der Waals surface area contributed by atoms with E-state index in [9.17, 15) is 0 Å². The number of hydrogen-bond donors (Lipinski definition) is 3. The Morgan fingerprint density at radius 1 is 1.24 bits per heavy atom. The summed E-state index contributed by atoms with van der Waals surface area (Å²) >= 11 is 0. The third-order valence-electron chi connectivity index (χ3n) is 3.31. The van der Waals surface area contributed by atoms with Crippen molar-refractivity contribution >= 4 is 17.3 Å². The quantitative estimate of drug-likeness (QED) is 0.570. The monoisotopic (exact) mass is 296 g/mol. The molecule has 8 nitrogen and oxygen atoms in total. The first-order valence-electron chi connectivity index (χ1n) is 7.18. The number of nitrogens with two attached hydrogens (primary N) is 1. The molecule has 0 bridgehead atoms. The SMILES string of the molecule is COCCNc1ncnc(NCCN2CCOCC2)c1N. The summed E-state index contributed by atoms with van der Waals surface area (Å²) in [7, 11) is 1.66. The largest absolute Gasteiger partial charge is 0.393 e. The van der Waals surface area contributed by atoms with E-state index >= 15 is 0 Å². The molecule has 4 N–H and O–H groups in total. The molecular formula is C13H24N6O2. The van der Waals surface area contributed by atoms with Gasteiger partial charge in [-0.1, -0.05) is 0 Å². The van der Waals surface area contributed by atoms with Crippen molar-refractivity contribution in [3.63, 3.8) is 0 Å². The number of rotatable bonds is 8. The highest BCUT2D eigenvalue weighted by Gasteiger charge is 2.11. The van der Waals surface area contributed by atoms with Crippen LogP contribution >= 0.6 is 0 Å². The van der Waals surface area contributed by atoms with Gasteiger partial charge >= 0.3 is 0 Å². The molecule has 2 heterocycles. The van der Waals surface area contributed by atoms with Gasteiger partial charge in [0.05, 0.1) is 19.8 Å². The summed E-state index contributed by atoms with van der Waals surface area (Å²) in [6.07, 6.45) is 1.50. The van der Waals surface area contributed by atoms with Gasteiger partial charge in [0.25, 0.3) is 0 Å². The second kappa shape index (κ2) is 8.60. The van der Waals surface area contributed by atoms with E-state index < -0.39 is 0 Å². The first-order chi connectivity index (χ1) is 10.3. The molecule has 0 atom stereocenters. The van der Waals surface area contributed by atoms with Crippen LogP contribution < -0.4 is 16.4 Å². The van der Waals surface area contributed by atoms with Gasteiger partial charge in [0.1, 0.15) is 12.0 Å². The maximum atomic E-state index is 6.06. The predicted octanol–water partition coefficient (Wildman–Crippen LogP) is -0.139. The Morgan fingerprint density at radius 2 is 1.90 bits per heavy atom. The van der Waals surface area contributed by atoms with E-state index in [1.165, 1.54) is 6.33 Å². The zero-order chi connectivity index (χ0) is 14.9. The molecule has 0 unspecified atom stereocenters. The predicted molar refractivity (Wildman–Crippen MR) is 82.6 cm³/mol. The van der Waals surface area contributed by atoms with Gasteiger partial charge in [-0.25, -0.2) is 9.97 Å². The molecule has 0 spiro atoms. The van der Waals surface area contributed by atoms with E-state index in [1.807, 2.05) is 0 Å². The Kier molecular flexibility index (Phi) is 6.45. The van der Waals surface area contributed by atoms with Crippen LogP contribution in [0.25, 0.3) is 0 Å². The van der Waals surface area contributed by atoms with E-state index in [-0.39, 0.29) is 0 Å². The van der Waals surface area contributed by atoms with Crippen LogP contribution in [0.4, 0.5) is 17.3 Å². The van der Waals surface area contributed by atoms with Crippen LogP contribution in [-0.4, -0.2) is 74.5 Å². The fourth-order valence-electron chi connectivity index (χ4n) is 2.11. The molecule has 0 amide bonds. The Balaban J connectivity index is 1.80. The average Bonchev–Trinajstić information content (AvgIpc) is 2.52. The van der Waals surface area contributed by atoms with Gasteiger partial charge in [-0.2, -0.15) is 0 Å². The average molecular weight is 296 g/mol. The minimum absolute atomic E-state index is 0.538. The standard InChI is InChI=1S/C13H24N6O2/c1-20-7-3-16-13-11(14)12(17-10-18-13)15-2-4-19-5-8-21-9-6-19/h10H,2-9,14H2,1H3,(H2,15,16,17,18). The lowest BCUT2D eigenvalue weighted by Gasteiger charge is -2.26. The summed E-state index contributed by atoms with van der Waals surface area (Å²) in [6, 6.07) is 0. The molecule has 0 saturated carbocycles. The fourth-order valence-corrected chi connectivity index (χ4v) is 2.11. The van der Waals surface area contributed by atoms with E-state index in [0.29, 0.717) is 30.5 Å². The Bertz CT molecular complexity index is 425. The summed E-state index contributed by atoms with van der Waals surface area (Å²) in [5.74, 6) is 1.30. The minimum atomic E-state index is 0.538. The normalized spacial score (nSPS) is 15.9. The lowest BCUT2D eigenvalue weighted by molar-refractivity contribution is 0.0398. The van der Waals surface area contributed by atoms with Crippen LogP contribution in [-0.2, 0) is 9.47 Å². The first kappa shape index (κ1) is 15.7. The molecule has 118 valence electrons. The van der Waals surface area contributed by atoms with Crippen LogP contribution in [0.3, 0.4) is 0 Å². The van der Waals surface area contributed by atoms with Crippen molar-refractivity contribution in [3.8, 4) is 0 Å². The number of aromatic nitrogens is 2. The van der Waals surface area contributed by atoms with Crippen molar-refractivity contribution in [2.24, 2.45) is 0 Å². The van der Waals surface area contributed by atoms with Gasteiger partial charge in [0.2, 0.25) is 0 Å². The van der Waals surface area contributed by atoms with E-state index in [4.69, 9.17) is 15.2 Å². The second-order valence-electron chi connectivity index (χ2n) is 4.78. The van der Waals surface area contributed by atoms with Crippen LogP contribution in [0.5, 0.6) is 0 Å². The lowest BCUT2D eigenvalue weighted by atomic mass is 10.4. The topological polar surface area (TPSA) is 97.6 Å². The van der Waals surface area contributed by atoms with Gasteiger partial charge in [0, 0.05) is 39.8 Å². The van der Waals surface area contributed by atoms with E-state index in [2.05, 4.69) is 25.5 Å². The molecule has 1 fully saturated rings. The van der Waals surface area contributed by atoms with E-state index in [0.717, 1.165) is 39.4 Å². The van der Waals surface area contributed by atoms with Crippen LogP contribution in [0, 0.1) is 0 Å². The summed E-state index contributed by atoms with van der Waals surface area (Å²) in [6.45, 7) is 6.56. The molecule has 8 heteroatoms. The number of nitrogens with zero attached hydrogens (tertiary/aromatic N) is 3. The van der Waals surface area contributed by atoms with Crippen molar-refractivity contribution in [1.82, 2.24) is 14.9 Å². The maximum Gasteiger partial charge on any atom is 0.154 e. The number of nitrogen functional groups attached to an aromatic ring is 1. The van der Waals surface area contributed by atoms with Gasteiger partial charge in [-0.15, -0.1) is 0 Å². The Hall–Kier alpha value is -1.64. The smallest absolute Gasteiger partial charge is 0.154 e. The zero-order valence-electron chi connectivity index (χ0n) is 12.5. The second-order valence-corrected chi connectivity index (χ2v) is 4.78. The molecule has 0 radical (unpaired) electrons.